The summed E-state index contributed by atoms with van der Waals surface area (Å²) in [6.45, 7) is 0. The fraction of sp³-hybridized carbons (Fsp3) is 0.294. The molecule has 1 N–H and O–H groups in total. The first-order valence-corrected chi connectivity index (χ1v) is 8.23. The summed E-state index contributed by atoms with van der Waals surface area (Å²) >= 11 is 9.75. The van der Waals surface area contributed by atoms with Crippen molar-refractivity contribution in [2.75, 3.05) is 12.4 Å². The van der Waals surface area contributed by atoms with Gasteiger partial charge in [-0.2, -0.15) is 0 Å². The highest BCUT2D eigenvalue weighted by molar-refractivity contribution is 9.10. The molecule has 2 aromatic carbocycles. The molecule has 2 aromatic rings. The van der Waals surface area contributed by atoms with Crippen LogP contribution in [0.1, 0.15) is 30.0 Å². The summed E-state index contributed by atoms with van der Waals surface area (Å²) < 4.78 is 6.35. The Kier molecular flexibility index (Phi) is 4.41. The van der Waals surface area contributed by atoms with Gasteiger partial charge in [0.1, 0.15) is 5.75 Å². The van der Waals surface area contributed by atoms with Crippen LogP contribution in [-0.2, 0) is 6.42 Å². The van der Waals surface area contributed by atoms with Crippen LogP contribution in [0.3, 0.4) is 0 Å². The van der Waals surface area contributed by atoms with E-state index >= 15 is 0 Å². The van der Waals surface area contributed by atoms with E-state index in [1.807, 2.05) is 24.3 Å². The molecule has 0 aromatic heterocycles. The van der Waals surface area contributed by atoms with Gasteiger partial charge in [0.2, 0.25) is 0 Å². The third-order valence-electron chi connectivity index (χ3n) is 3.93. The van der Waals surface area contributed by atoms with Crippen LogP contribution >= 0.6 is 27.5 Å². The summed E-state index contributed by atoms with van der Waals surface area (Å²) in [6, 6.07) is 12.6. The Balaban J connectivity index is 1.90. The van der Waals surface area contributed by atoms with Crippen LogP contribution in [0.5, 0.6) is 5.75 Å². The molecule has 0 bridgehead atoms. The molecule has 0 spiro atoms. The fourth-order valence-corrected chi connectivity index (χ4v) is 3.58. The Morgan fingerprint density at radius 1 is 1.24 bits per heavy atom. The van der Waals surface area contributed by atoms with Gasteiger partial charge in [-0.15, -0.1) is 0 Å². The smallest absolute Gasteiger partial charge is 0.119 e. The fourth-order valence-electron chi connectivity index (χ4n) is 2.85. The van der Waals surface area contributed by atoms with E-state index in [4.69, 9.17) is 16.3 Å². The molecule has 0 fully saturated rings. The van der Waals surface area contributed by atoms with Gasteiger partial charge in [-0.1, -0.05) is 33.6 Å². The van der Waals surface area contributed by atoms with Crippen molar-refractivity contribution in [3.05, 3.63) is 57.0 Å². The number of benzene rings is 2. The third-order valence-corrected chi connectivity index (χ3v) is 4.73. The zero-order valence-corrected chi connectivity index (χ0v) is 14.2. The molecule has 0 saturated heterocycles. The van der Waals surface area contributed by atoms with Crippen LogP contribution in [-0.4, -0.2) is 7.11 Å². The predicted molar refractivity (Wildman–Crippen MR) is 91.4 cm³/mol. The molecular formula is C17H17BrClNO. The van der Waals surface area contributed by atoms with Crippen molar-refractivity contribution in [1.29, 1.82) is 0 Å². The molecule has 4 heteroatoms. The van der Waals surface area contributed by atoms with Crippen molar-refractivity contribution in [1.82, 2.24) is 0 Å². The molecule has 2 nitrogen and oxygen atoms in total. The van der Waals surface area contributed by atoms with Gasteiger partial charge in [0.05, 0.1) is 23.9 Å². The van der Waals surface area contributed by atoms with Crippen molar-refractivity contribution >= 4 is 33.2 Å². The van der Waals surface area contributed by atoms with Gasteiger partial charge in [-0.25, -0.2) is 0 Å². The predicted octanol–water partition coefficient (Wildman–Crippen LogP) is 5.60. The maximum absolute atomic E-state index is 6.32. The first-order chi connectivity index (χ1) is 10.2. The molecular weight excluding hydrogens is 350 g/mol. The van der Waals surface area contributed by atoms with E-state index in [0.29, 0.717) is 0 Å². The molecule has 0 aliphatic heterocycles. The van der Waals surface area contributed by atoms with Gasteiger partial charge in [-0.05, 0) is 60.7 Å². The number of aryl methyl sites for hydroxylation is 1. The number of anilines is 1. The lowest BCUT2D eigenvalue weighted by Gasteiger charge is -2.28. The second kappa shape index (κ2) is 6.29. The topological polar surface area (TPSA) is 21.3 Å². The van der Waals surface area contributed by atoms with E-state index in [0.717, 1.165) is 33.8 Å². The lowest BCUT2D eigenvalue weighted by Crippen LogP contribution is -2.17. The highest BCUT2D eigenvalue weighted by Crippen LogP contribution is 2.36. The zero-order chi connectivity index (χ0) is 14.8. The third kappa shape index (κ3) is 3.19. The van der Waals surface area contributed by atoms with Crippen molar-refractivity contribution in [3.8, 4) is 5.75 Å². The van der Waals surface area contributed by atoms with Gasteiger partial charge in [0, 0.05) is 4.47 Å². The first-order valence-electron chi connectivity index (χ1n) is 7.06. The lowest BCUT2D eigenvalue weighted by atomic mass is 9.87. The van der Waals surface area contributed by atoms with Crippen molar-refractivity contribution in [2.45, 2.75) is 25.3 Å². The standard InChI is InChI=1S/C17H17BrClNO/c1-21-13-7-5-11-3-2-4-16(14(11)10-13)20-17-8-6-12(18)9-15(17)19/h5-10,16,20H,2-4H2,1H3. The molecule has 21 heavy (non-hydrogen) atoms. The molecule has 110 valence electrons. The summed E-state index contributed by atoms with van der Waals surface area (Å²) in [7, 11) is 1.71. The van der Waals surface area contributed by atoms with Crippen molar-refractivity contribution in [2.24, 2.45) is 0 Å². The summed E-state index contributed by atoms with van der Waals surface area (Å²) in [6.07, 6.45) is 3.42. The Morgan fingerprint density at radius 2 is 2.10 bits per heavy atom. The molecule has 1 atom stereocenters. The molecule has 0 heterocycles. The maximum Gasteiger partial charge on any atom is 0.119 e. The van der Waals surface area contributed by atoms with E-state index in [-0.39, 0.29) is 6.04 Å². The van der Waals surface area contributed by atoms with Gasteiger partial charge in [0.25, 0.3) is 0 Å². The number of halogens is 2. The molecule has 1 aliphatic rings. The van der Waals surface area contributed by atoms with Crippen LogP contribution in [0.25, 0.3) is 0 Å². The van der Waals surface area contributed by atoms with E-state index < -0.39 is 0 Å². The van der Waals surface area contributed by atoms with E-state index in [9.17, 15) is 0 Å². The molecule has 3 rings (SSSR count). The Hall–Kier alpha value is -1.19. The molecule has 1 aliphatic carbocycles. The Bertz CT molecular complexity index is 659. The molecule has 0 saturated carbocycles. The quantitative estimate of drug-likeness (QED) is 0.763. The average molecular weight is 367 g/mol. The number of rotatable bonds is 3. The van der Waals surface area contributed by atoms with Crippen LogP contribution in [0.15, 0.2) is 40.9 Å². The van der Waals surface area contributed by atoms with Crippen LogP contribution in [0, 0.1) is 0 Å². The average Bonchev–Trinajstić information content (AvgIpc) is 2.50. The maximum atomic E-state index is 6.32. The van der Waals surface area contributed by atoms with Gasteiger partial charge >= 0.3 is 0 Å². The zero-order valence-electron chi connectivity index (χ0n) is 11.8. The molecule has 1 unspecified atom stereocenters. The van der Waals surface area contributed by atoms with E-state index in [1.54, 1.807) is 7.11 Å². The van der Waals surface area contributed by atoms with Crippen molar-refractivity contribution in [3.63, 3.8) is 0 Å². The summed E-state index contributed by atoms with van der Waals surface area (Å²) in [5, 5.41) is 4.31. The van der Waals surface area contributed by atoms with Gasteiger partial charge < -0.3 is 10.1 Å². The van der Waals surface area contributed by atoms with Crippen LogP contribution in [0.2, 0.25) is 5.02 Å². The highest BCUT2D eigenvalue weighted by Gasteiger charge is 2.21. The van der Waals surface area contributed by atoms with E-state index in [1.165, 1.54) is 17.5 Å². The number of fused-ring (bicyclic) bond motifs is 1. The second-order valence-electron chi connectivity index (χ2n) is 5.28. The number of methoxy groups -OCH3 is 1. The monoisotopic (exact) mass is 365 g/mol. The molecule has 0 amide bonds. The largest absolute Gasteiger partial charge is 0.497 e. The first kappa shape index (κ1) is 14.7. The number of hydrogen-bond acceptors (Lipinski definition) is 2. The van der Waals surface area contributed by atoms with Crippen LogP contribution < -0.4 is 10.1 Å². The number of ether oxygens (including phenoxy) is 1. The number of hydrogen-bond donors (Lipinski definition) is 1. The van der Waals surface area contributed by atoms with Gasteiger partial charge in [0.15, 0.2) is 0 Å². The minimum absolute atomic E-state index is 0.280. The highest BCUT2D eigenvalue weighted by atomic mass is 79.9. The second-order valence-corrected chi connectivity index (χ2v) is 6.60. The minimum Gasteiger partial charge on any atom is -0.497 e. The SMILES string of the molecule is COc1ccc2c(c1)C(Nc1ccc(Br)cc1Cl)CCC2. The van der Waals surface area contributed by atoms with Crippen molar-refractivity contribution < 1.29 is 4.74 Å². The summed E-state index contributed by atoms with van der Waals surface area (Å²) in [5.74, 6) is 0.907. The minimum atomic E-state index is 0.280. The Morgan fingerprint density at radius 3 is 2.86 bits per heavy atom. The normalized spacial score (nSPS) is 17.2. The number of nitrogens with one attached hydrogen (secondary N) is 1. The Labute approximate surface area is 138 Å². The van der Waals surface area contributed by atoms with Crippen LogP contribution in [0.4, 0.5) is 5.69 Å². The lowest BCUT2D eigenvalue weighted by molar-refractivity contribution is 0.413. The molecule has 0 radical (unpaired) electrons. The summed E-state index contributed by atoms with van der Waals surface area (Å²) in [5.41, 5.74) is 3.69. The van der Waals surface area contributed by atoms with Gasteiger partial charge in [-0.3, -0.25) is 0 Å². The summed E-state index contributed by atoms with van der Waals surface area (Å²) in [4.78, 5) is 0. The van der Waals surface area contributed by atoms with E-state index in [2.05, 4.69) is 33.4 Å².